The van der Waals surface area contributed by atoms with E-state index in [0.717, 1.165) is 9.24 Å². The molecule has 8 heteroatoms. The quantitative estimate of drug-likeness (QED) is 0.522. The number of anilines is 1. The van der Waals surface area contributed by atoms with Crippen LogP contribution in [0.3, 0.4) is 0 Å². The van der Waals surface area contributed by atoms with Crippen molar-refractivity contribution in [3.05, 3.63) is 34.1 Å². The van der Waals surface area contributed by atoms with Crippen molar-refractivity contribution in [2.75, 3.05) is 5.73 Å². The van der Waals surface area contributed by atoms with Crippen molar-refractivity contribution in [1.29, 1.82) is 0 Å². The molecule has 0 radical (unpaired) electrons. The van der Waals surface area contributed by atoms with Gasteiger partial charge in [0.15, 0.2) is 4.34 Å². The molecule has 0 atom stereocenters. The van der Waals surface area contributed by atoms with Crippen LogP contribution >= 0.6 is 23.3 Å². The second kappa shape index (κ2) is 4.68. The number of nitro groups is 1. The van der Waals surface area contributed by atoms with Gasteiger partial charge < -0.3 is 5.73 Å². The summed E-state index contributed by atoms with van der Waals surface area (Å²) in [5.74, 6) is 0.715. The van der Waals surface area contributed by atoms with Gasteiger partial charge in [-0.05, 0) is 30.6 Å². The first-order chi connectivity index (χ1) is 8.06. The van der Waals surface area contributed by atoms with Crippen LogP contribution in [0, 0.1) is 17.0 Å². The molecule has 1 aromatic carbocycles. The first-order valence-corrected chi connectivity index (χ1v) is 6.17. The van der Waals surface area contributed by atoms with Gasteiger partial charge in [0, 0.05) is 11.0 Å². The van der Waals surface area contributed by atoms with Crippen molar-refractivity contribution in [2.24, 2.45) is 0 Å². The van der Waals surface area contributed by atoms with Gasteiger partial charge in [-0.1, -0.05) is 11.8 Å². The Hall–Kier alpha value is -1.67. The third kappa shape index (κ3) is 2.71. The monoisotopic (exact) mass is 268 g/mol. The van der Waals surface area contributed by atoms with Gasteiger partial charge in [0.05, 0.1) is 4.92 Å². The number of rotatable bonds is 3. The van der Waals surface area contributed by atoms with Gasteiger partial charge in [0.2, 0.25) is 0 Å². The molecular formula is C9H8N4O2S2. The summed E-state index contributed by atoms with van der Waals surface area (Å²) in [5, 5.41) is 10.6. The van der Waals surface area contributed by atoms with Crippen molar-refractivity contribution < 1.29 is 4.92 Å². The molecular weight excluding hydrogens is 260 g/mol. The van der Waals surface area contributed by atoms with E-state index in [0.29, 0.717) is 5.82 Å². The molecule has 2 aromatic rings. The summed E-state index contributed by atoms with van der Waals surface area (Å²) in [6.07, 6.45) is 0. The summed E-state index contributed by atoms with van der Waals surface area (Å²) in [5.41, 5.74) is 5.67. The molecule has 1 heterocycles. The van der Waals surface area contributed by atoms with Crippen LogP contribution in [0.4, 0.5) is 11.4 Å². The number of nitro benzene ring substituents is 1. The molecule has 0 fully saturated rings. The Morgan fingerprint density at radius 3 is 2.82 bits per heavy atom. The van der Waals surface area contributed by atoms with Gasteiger partial charge >= 0.3 is 0 Å². The van der Waals surface area contributed by atoms with E-state index in [2.05, 4.69) is 9.36 Å². The first-order valence-electron chi connectivity index (χ1n) is 4.58. The molecule has 1 aromatic heterocycles. The van der Waals surface area contributed by atoms with Gasteiger partial charge in [-0.3, -0.25) is 10.1 Å². The van der Waals surface area contributed by atoms with Gasteiger partial charge in [0.25, 0.3) is 5.69 Å². The van der Waals surface area contributed by atoms with Crippen molar-refractivity contribution in [3.63, 3.8) is 0 Å². The average Bonchev–Trinajstić information content (AvgIpc) is 2.63. The maximum atomic E-state index is 10.6. The highest BCUT2D eigenvalue weighted by Crippen LogP contribution is 2.33. The Balaban J connectivity index is 2.23. The summed E-state index contributed by atoms with van der Waals surface area (Å²) in [6, 6.07) is 4.61. The topological polar surface area (TPSA) is 94.9 Å². The predicted molar refractivity (Wildman–Crippen MR) is 66.3 cm³/mol. The minimum Gasteiger partial charge on any atom is -0.393 e. The molecule has 2 rings (SSSR count). The minimum absolute atomic E-state index is 0.0807. The molecule has 0 saturated heterocycles. The molecule has 0 aliphatic rings. The number of hydrogen-bond donors (Lipinski definition) is 1. The largest absolute Gasteiger partial charge is 0.393 e. The normalized spacial score (nSPS) is 10.4. The molecule has 0 amide bonds. The van der Waals surface area contributed by atoms with Crippen LogP contribution in [0.5, 0.6) is 0 Å². The van der Waals surface area contributed by atoms with Crippen molar-refractivity contribution in [2.45, 2.75) is 16.2 Å². The minimum atomic E-state index is -0.501. The lowest BCUT2D eigenvalue weighted by atomic mass is 10.3. The van der Waals surface area contributed by atoms with Crippen LogP contribution < -0.4 is 5.73 Å². The fourth-order valence-corrected chi connectivity index (χ4v) is 2.86. The van der Waals surface area contributed by atoms with Gasteiger partial charge in [-0.25, -0.2) is 4.98 Å². The maximum absolute atomic E-state index is 10.6. The smallest absolute Gasteiger partial charge is 0.292 e. The molecule has 2 N–H and O–H groups in total. The lowest BCUT2D eigenvalue weighted by Gasteiger charge is -2.00. The maximum Gasteiger partial charge on any atom is 0.292 e. The number of benzene rings is 1. The van der Waals surface area contributed by atoms with E-state index in [4.69, 9.17) is 5.73 Å². The van der Waals surface area contributed by atoms with Crippen molar-refractivity contribution in [1.82, 2.24) is 9.36 Å². The van der Waals surface area contributed by atoms with Crippen molar-refractivity contribution >= 4 is 34.7 Å². The van der Waals surface area contributed by atoms with E-state index in [1.54, 1.807) is 12.1 Å². The Labute approximate surface area is 105 Å². The molecule has 0 saturated carbocycles. The van der Waals surface area contributed by atoms with Gasteiger partial charge in [-0.15, -0.1) is 0 Å². The van der Waals surface area contributed by atoms with Crippen LogP contribution in [0.15, 0.2) is 27.4 Å². The predicted octanol–water partition coefficient (Wildman–Crippen LogP) is 2.49. The summed E-state index contributed by atoms with van der Waals surface area (Å²) in [6.45, 7) is 1.81. The molecule has 6 nitrogen and oxygen atoms in total. The lowest BCUT2D eigenvalue weighted by Crippen LogP contribution is -1.95. The molecule has 0 bridgehead atoms. The Bertz CT molecular complexity index is 570. The number of hydrogen-bond acceptors (Lipinski definition) is 7. The third-order valence-electron chi connectivity index (χ3n) is 1.91. The number of aryl methyl sites for hydroxylation is 1. The Morgan fingerprint density at radius 1 is 1.53 bits per heavy atom. The van der Waals surface area contributed by atoms with E-state index >= 15 is 0 Å². The number of aromatic nitrogens is 2. The highest BCUT2D eigenvalue weighted by Gasteiger charge is 2.12. The van der Waals surface area contributed by atoms with E-state index < -0.39 is 4.92 Å². The highest BCUT2D eigenvalue weighted by atomic mass is 32.2. The van der Waals surface area contributed by atoms with Crippen LogP contribution in [0.2, 0.25) is 0 Å². The van der Waals surface area contributed by atoms with E-state index in [9.17, 15) is 10.1 Å². The zero-order valence-electron chi connectivity index (χ0n) is 8.78. The van der Waals surface area contributed by atoms with Crippen LogP contribution in [-0.4, -0.2) is 14.3 Å². The fourth-order valence-electron chi connectivity index (χ4n) is 1.18. The molecule has 17 heavy (non-hydrogen) atoms. The molecule has 0 unspecified atom stereocenters. The molecule has 0 spiro atoms. The van der Waals surface area contributed by atoms with Crippen LogP contribution in [0.25, 0.3) is 0 Å². The summed E-state index contributed by atoms with van der Waals surface area (Å²) < 4.78 is 4.84. The molecule has 0 aliphatic carbocycles. The van der Waals surface area contributed by atoms with E-state index in [-0.39, 0.29) is 11.4 Å². The first kappa shape index (κ1) is 11.8. The number of nitrogen functional groups attached to an aromatic ring is 1. The Morgan fingerprint density at radius 2 is 2.29 bits per heavy atom. The number of nitrogens with zero attached hydrogens (tertiary/aromatic N) is 3. The SMILES string of the molecule is Cc1nsc(Sc2ccc([N+](=O)[O-])c(N)c2)n1. The molecule has 88 valence electrons. The summed E-state index contributed by atoms with van der Waals surface area (Å²) >= 11 is 2.67. The second-order valence-electron chi connectivity index (χ2n) is 3.19. The number of nitrogens with two attached hydrogens (primary N) is 1. The average molecular weight is 268 g/mol. The van der Waals surface area contributed by atoms with Gasteiger partial charge in [0.1, 0.15) is 11.5 Å². The second-order valence-corrected chi connectivity index (χ2v) is 5.26. The Kier molecular flexibility index (Phi) is 3.25. The lowest BCUT2D eigenvalue weighted by molar-refractivity contribution is -0.383. The van der Waals surface area contributed by atoms with Crippen LogP contribution in [0.1, 0.15) is 5.82 Å². The van der Waals surface area contributed by atoms with Crippen molar-refractivity contribution in [3.8, 4) is 0 Å². The van der Waals surface area contributed by atoms with E-state index in [1.165, 1.54) is 29.4 Å². The standard InChI is InChI=1S/C9H8N4O2S2/c1-5-11-9(17-12-5)16-6-2-3-8(13(14)15)7(10)4-6/h2-4H,10H2,1H3. The molecule has 0 aliphatic heterocycles. The third-order valence-corrected chi connectivity index (χ3v) is 3.74. The zero-order chi connectivity index (χ0) is 12.4. The van der Waals surface area contributed by atoms with E-state index in [1.807, 2.05) is 6.92 Å². The van der Waals surface area contributed by atoms with Gasteiger partial charge in [-0.2, -0.15) is 4.37 Å². The van der Waals surface area contributed by atoms with Crippen LogP contribution in [-0.2, 0) is 0 Å². The summed E-state index contributed by atoms with van der Waals surface area (Å²) in [4.78, 5) is 15.1. The fraction of sp³-hybridized carbons (Fsp3) is 0.111. The highest BCUT2D eigenvalue weighted by molar-refractivity contribution is 8.01. The zero-order valence-corrected chi connectivity index (χ0v) is 10.4. The summed E-state index contributed by atoms with van der Waals surface area (Å²) in [7, 11) is 0.